The van der Waals surface area contributed by atoms with Crippen LogP contribution < -0.4 is 5.73 Å². The number of carbonyl (C=O) groups is 1. The van der Waals surface area contributed by atoms with Crippen LogP contribution >= 0.6 is 0 Å². The standard InChI is InChI=1S/C13H17N3O2/c1-18-10-9-16(8-2-7-14)13(17)11-3-5-12(15)6-4-11/h3-6H,2,8-10,15H2,1H3. The second-order valence-corrected chi connectivity index (χ2v) is 3.82. The lowest BCUT2D eigenvalue weighted by Gasteiger charge is -2.21. The van der Waals surface area contributed by atoms with Crippen LogP contribution in [0, 0.1) is 11.3 Å². The second-order valence-electron chi connectivity index (χ2n) is 3.82. The smallest absolute Gasteiger partial charge is 0.253 e. The van der Waals surface area contributed by atoms with E-state index in [4.69, 9.17) is 15.7 Å². The molecule has 0 fully saturated rings. The van der Waals surface area contributed by atoms with Crippen LogP contribution in [0.15, 0.2) is 24.3 Å². The van der Waals surface area contributed by atoms with Gasteiger partial charge >= 0.3 is 0 Å². The lowest BCUT2D eigenvalue weighted by atomic mass is 10.2. The number of hydrogen-bond donors (Lipinski definition) is 1. The molecule has 0 saturated heterocycles. The van der Waals surface area contributed by atoms with Gasteiger partial charge in [0, 0.05) is 31.5 Å². The van der Waals surface area contributed by atoms with E-state index >= 15 is 0 Å². The molecule has 5 heteroatoms. The molecule has 0 aliphatic carbocycles. The zero-order valence-corrected chi connectivity index (χ0v) is 10.4. The summed E-state index contributed by atoms with van der Waals surface area (Å²) in [6.45, 7) is 1.33. The lowest BCUT2D eigenvalue weighted by molar-refractivity contribution is 0.0700. The van der Waals surface area contributed by atoms with E-state index < -0.39 is 0 Å². The van der Waals surface area contributed by atoms with Crippen molar-refractivity contribution in [2.45, 2.75) is 6.42 Å². The number of nitrogen functional groups attached to an aromatic ring is 1. The van der Waals surface area contributed by atoms with Gasteiger partial charge in [0.15, 0.2) is 0 Å². The van der Waals surface area contributed by atoms with Crippen LogP contribution in [-0.4, -0.2) is 37.6 Å². The highest BCUT2D eigenvalue weighted by atomic mass is 16.5. The van der Waals surface area contributed by atoms with E-state index in [0.717, 1.165) is 0 Å². The Morgan fingerprint density at radius 2 is 2.06 bits per heavy atom. The van der Waals surface area contributed by atoms with Crippen LogP contribution in [0.2, 0.25) is 0 Å². The molecule has 0 saturated carbocycles. The molecule has 0 aromatic heterocycles. The minimum atomic E-state index is -0.109. The van der Waals surface area contributed by atoms with Crippen molar-refractivity contribution < 1.29 is 9.53 Å². The van der Waals surface area contributed by atoms with Crippen LogP contribution in [0.3, 0.4) is 0 Å². The molecule has 0 heterocycles. The molecule has 0 aliphatic heterocycles. The number of methoxy groups -OCH3 is 1. The zero-order valence-electron chi connectivity index (χ0n) is 10.4. The first kappa shape index (κ1) is 14.0. The van der Waals surface area contributed by atoms with Crippen molar-refractivity contribution in [3.8, 4) is 6.07 Å². The topological polar surface area (TPSA) is 79.3 Å². The Morgan fingerprint density at radius 3 is 2.61 bits per heavy atom. The average molecular weight is 247 g/mol. The SMILES string of the molecule is COCCN(CCC#N)C(=O)c1ccc(N)cc1. The number of anilines is 1. The maximum Gasteiger partial charge on any atom is 0.253 e. The van der Waals surface area contributed by atoms with E-state index in [1.165, 1.54) is 0 Å². The summed E-state index contributed by atoms with van der Waals surface area (Å²) in [5.41, 5.74) is 6.76. The van der Waals surface area contributed by atoms with Gasteiger partial charge in [-0.25, -0.2) is 0 Å². The minimum Gasteiger partial charge on any atom is -0.399 e. The molecule has 0 radical (unpaired) electrons. The molecular formula is C13H17N3O2. The quantitative estimate of drug-likeness (QED) is 0.768. The molecule has 1 aromatic carbocycles. The molecule has 0 aliphatic rings. The van der Waals surface area contributed by atoms with Crippen LogP contribution in [0.4, 0.5) is 5.69 Å². The third kappa shape index (κ3) is 4.07. The van der Waals surface area contributed by atoms with E-state index in [1.807, 2.05) is 6.07 Å². The normalized spacial score (nSPS) is 9.78. The molecule has 5 nitrogen and oxygen atoms in total. The van der Waals surface area contributed by atoms with Gasteiger partial charge in [0.1, 0.15) is 0 Å². The number of amides is 1. The summed E-state index contributed by atoms with van der Waals surface area (Å²) in [4.78, 5) is 13.8. The van der Waals surface area contributed by atoms with Crippen molar-refractivity contribution in [3.05, 3.63) is 29.8 Å². The number of ether oxygens (including phenoxy) is 1. The van der Waals surface area contributed by atoms with Crippen molar-refractivity contribution >= 4 is 11.6 Å². The largest absolute Gasteiger partial charge is 0.399 e. The molecular weight excluding hydrogens is 230 g/mol. The molecule has 1 rings (SSSR count). The first-order chi connectivity index (χ1) is 8.69. The fourth-order valence-corrected chi connectivity index (χ4v) is 1.51. The zero-order chi connectivity index (χ0) is 13.4. The van der Waals surface area contributed by atoms with Gasteiger partial charge in [0.05, 0.1) is 19.1 Å². The third-order valence-electron chi connectivity index (χ3n) is 2.50. The highest BCUT2D eigenvalue weighted by Gasteiger charge is 2.14. The predicted octanol–water partition coefficient (Wildman–Crippen LogP) is 1.27. The van der Waals surface area contributed by atoms with E-state index in [2.05, 4.69) is 0 Å². The van der Waals surface area contributed by atoms with Gasteiger partial charge in [-0.15, -0.1) is 0 Å². The van der Waals surface area contributed by atoms with Crippen LogP contribution in [0.1, 0.15) is 16.8 Å². The van der Waals surface area contributed by atoms with Gasteiger partial charge < -0.3 is 15.4 Å². The molecule has 1 aromatic rings. The molecule has 0 bridgehead atoms. The molecule has 96 valence electrons. The fourth-order valence-electron chi connectivity index (χ4n) is 1.51. The van der Waals surface area contributed by atoms with Gasteiger partial charge in [0.25, 0.3) is 5.91 Å². The van der Waals surface area contributed by atoms with E-state index in [0.29, 0.717) is 37.4 Å². The van der Waals surface area contributed by atoms with Crippen LogP contribution in [-0.2, 0) is 4.74 Å². The van der Waals surface area contributed by atoms with E-state index in [1.54, 1.807) is 36.3 Å². The Kier molecular flexibility index (Phi) is 5.68. The van der Waals surface area contributed by atoms with E-state index in [9.17, 15) is 4.79 Å². The number of nitriles is 1. The summed E-state index contributed by atoms with van der Waals surface area (Å²) < 4.78 is 4.96. The van der Waals surface area contributed by atoms with Gasteiger partial charge in [-0.05, 0) is 24.3 Å². The molecule has 18 heavy (non-hydrogen) atoms. The van der Waals surface area contributed by atoms with Gasteiger partial charge in [0.2, 0.25) is 0 Å². The molecule has 2 N–H and O–H groups in total. The second kappa shape index (κ2) is 7.30. The Hall–Kier alpha value is -2.06. The van der Waals surface area contributed by atoms with Gasteiger partial charge in [-0.3, -0.25) is 4.79 Å². The number of carbonyl (C=O) groups excluding carboxylic acids is 1. The number of rotatable bonds is 6. The Bertz CT molecular complexity index is 423. The minimum absolute atomic E-state index is 0.109. The summed E-state index contributed by atoms with van der Waals surface area (Å²) >= 11 is 0. The molecule has 0 spiro atoms. The van der Waals surface area contributed by atoms with Crippen molar-refractivity contribution in [1.29, 1.82) is 5.26 Å². The average Bonchev–Trinajstić information content (AvgIpc) is 2.39. The summed E-state index contributed by atoms with van der Waals surface area (Å²) in [5, 5.41) is 8.59. The predicted molar refractivity (Wildman–Crippen MR) is 68.9 cm³/mol. The molecule has 1 amide bonds. The van der Waals surface area contributed by atoms with Crippen LogP contribution in [0.25, 0.3) is 0 Å². The summed E-state index contributed by atoms with van der Waals surface area (Å²) in [5.74, 6) is -0.109. The molecule has 0 atom stereocenters. The number of nitrogens with zero attached hydrogens (tertiary/aromatic N) is 2. The molecule has 0 unspecified atom stereocenters. The highest BCUT2D eigenvalue weighted by molar-refractivity contribution is 5.94. The first-order valence-electron chi connectivity index (χ1n) is 5.69. The Labute approximate surface area is 107 Å². The van der Waals surface area contributed by atoms with Gasteiger partial charge in [-0.1, -0.05) is 0 Å². The Morgan fingerprint density at radius 1 is 1.39 bits per heavy atom. The van der Waals surface area contributed by atoms with Crippen LogP contribution in [0.5, 0.6) is 0 Å². The van der Waals surface area contributed by atoms with Gasteiger partial charge in [-0.2, -0.15) is 5.26 Å². The van der Waals surface area contributed by atoms with Crippen molar-refractivity contribution in [2.24, 2.45) is 0 Å². The Balaban J connectivity index is 2.74. The summed E-state index contributed by atoms with van der Waals surface area (Å²) in [6.07, 6.45) is 0.310. The summed E-state index contributed by atoms with van der Waals surface area (Å²) in [6, 6.07) is 8.78. The van der Waals surface area contributed by atoms with Crippen molar-refractivity contribution in [1.82, 2.24) is 4.90 Å². The van der Waals surface area contributed by atoms with Crippen molar-refractivity contribution in [2.75, 3.05) is 32.5 Å². The number of nitrogens with two attached hydrogens (primary N) is 1. The maximum atomic E-state index is 12.2. The first-order valence-corrected chi connectivity index (χ1v) is 5.69. The summed E-state index contributed by atoms with van der Waals surface area (Å²) in [7, 11) is 1.58. The van der Waals surface area contributed by atoms with E-state index in [-0.39, 0.29) is 5.91 Å². The highest BCUT2D eigenvalue weighted by Crippen LogP contribution is 2.09. The lowest BCUT2D eigenvalue weighted by Crippen LogP contribution is -2.34. The fraction of sp³-hybridized carbons (Fsp3) is 0.385. The third-order valence-corrected chi connectivity index (χ3v) is 2.50. The maximum absolute atomic E-state index is 12.2. The number of benzene rings is 1. The monoisotopic (exact) mass is 247 g/mol. The van der Waals surface area contributed by atoms with Crippen molar-refractivity contribution in [3.63, 3.8) is 0 Å². The number of hydrogen-bond acceptors (Lipinski definition) is 4.